The molecule has 0 aliphatic carbocycles. The van der Waals surface area contributed by atoms with Crippen LogP contribution in [0.15, 0.2) is 41.8 Å². The molecule has 0 atom stereocenters. The number of ketones is 1. The number of aromatic nitrogens is 4. The molecule has 1 aromatic carbocycles. The Bertz CT molecular complexity index is 991. The lowest BCUT2D eigenvalue weighted by molar-refractivity contribution is 0.102. The molecule has 2 heterocycles. The third kappa shape index (κ3) is 4.72. The molecule has 154 valence electrons. The van der Waals surface area contributed by atoms with Gasteiger partial charge in [0.15, 0.2) is 10.9 Å². The molecule has 0 aliphatic heterocycles. The van der Waals surface area contributed by atoms with E-state index in [-0.39, 0.29) is 5.78 Å². The molecule has 0 fully saturated rings. The van der Waals surface area contributed by atoms with Gasteiger partial charge in [-0.1, -0.05) is 37.7 Å². The van der Waals surface area contributed by atoms with E-state index in [1.54, 1.807) is 13.4 Å². The van der Waals surface area contributed by atoms with E-state index in [0.29, 0.717) is 16.8 Å². The van der Waals surface area contributed by atoms with Gasteiger partial charge in [0.05, 0.1) is 18.6 Å². The summed E-state index contributed by atoms with van der Waals surface area (Å²) < 4.78 is 9.53. The highest BCUT2D eigenvalue weighted by atomic mass is 32.2. The van der Waals surface area contributed by atoms with Gasteiger partial charge in [-0.05, 0) is 44.4 Å². The van der Waals surface area contributed by atoms with Crippen LogP contribution in [0.25, 0.3) is 5.69 Å². The quantitative estimate of drug-likeness (QED) is 0.376. The number of benzene rings is 1. The van der Waals surface area contributed by atoms with Crippen molar-refractivity contribution in [1.29, 1.82) is 0 Å². The zero-order chi connectivity index (χ0) is 21.0. The normalized spacial score (nSPS) is 11.2. The number of para-hydroxylation sites is 2. The summed E-state index contributed by atoms with van der Waals surface area (Å²) in [5.41, 5.74) is 3.82. The maximum Gasteiger partial charge on any atom is 0.196 e. The maximum atomic E-state index is 12.9. The second kappa shape index (κ2) is 9.31. The number of hydrogen-bond donors (Lipinski definition) is 0. The minimum absolute atomic E-state index is 0.105. The van der Waals surface area contributed by atoms with Gasteiger partial charge in [0, 0.05) is 23.5 Å². The summed E-state index contributed by atoms with van der Waals surface area (Å²) in [5.74, 6) is 1.78. The van der Waals surface area contributed by atoms with Gasteiger partial charge in [-0.25, -0.2) is 0 Å². The van der Waals surface area contributed by atoms with Crippen LogP contribution in [0.3, 0.4) is 0 Å². The zero-order valence-corrected chi connectivity index (χ0v) is 18.5. The number of carbonyl (C=O) groups excluding carboxylic acids is 1. The van der Waals surface area contributed by atoms with Crippen LogP contribution in [0.1, 0.15) is 42.0 Å². The molecule has 3 rings (SSSR count). The lowest BCUT2D eigenvalue weighted by atomic mass is 10.1. The molecule has 0 radical (unpaired) electrons. The van der Waals surface area contributed by atoms with Crippen molar-refractivity contribution in [3.8, 4) is 11.4 Å². The predicted molar refractivity (Wildman–Crippen MR) is 116 cm³/mol. The van der Waals surface area contributed by atoms with Crippen LogP contribution >= 0.6 is 11.8 Å². The molecule has 0 saturated heterocycles. The number of nitrogens with zero attached hydrogens (tertiary/aromatic N) is 4. The minimum Gasteiger partial charge on any atom is -0.495 e. The Hall–Kier alpha value is -2.54. The smallest absolute Gasteiger partial charge is 0.196 e. The van der Waals surface area contributed by atoms with Gasteiger partial charge in [-0.3, -0.25) is 9.36 Å². The minimum atomic E-state index is 0.105. The topological polar surface area (TPSA) is 61.9 Å². The fourth-order valence-electron chi connectivity index (χ4n) is 3.34. The summed E-state index contributed by atoms with van der Waals surface area (Å²) in [7, 11) is 1.63. The summed E-state index contributed by atoms with van der Waals surface area (Å²) in [6.07, 6.45) is 2.74. The van der Waals surface area contributed by atoms with E-state index in [9.17, 15) is 4.79 Å². The Balaban J connectivity index is 1.74. The average Bonchev–Trinajstić information content (AvgIpc) is 3.28. The monoisotopic (exact) mass is 412 g/mol. The number of thioether (sulfide) groups is 1. The summed E-state index contributed by atoms with van der Waals surface area (Å²) in [4.78, 5) is 12.9. The van der Waals surface area contributed by atoms with Gasteiger partial charge in [0.2, 0.25) is 0 Å². The molecule has 7 heteroatoms. The molecule has 29 heavy (non-hydrogen) atoms. The summed E-state index contributed by atoms with van der Waals surface area (Å²) in [5, 5.41) is 8.88. The van der Waals surface area contributed by atoms with Gasteiger partial charge in [-0.2, -0.15) is 0 Å². The number of aryl methyl sites for hydroxylation is 1. The van der Waals surface area contributed by atoms with E-state index in [0.717, 1.165) is 41.4 Å². The van der Waals surface area contributed by atoms with Crippen molar-refractivity contribution in [1.82, 2.24) is 19.3 Å². The van der Waals surface area contributed by atoms with Crippen LogP contribution in [0.4, 0.5) is 0 Å². The lowest BCUT2D eigenvalue weighted by Crippen LogP contribution is -2.08. The molecular formula is C22H28N4O2S. The van der Waals surface area contributed by atoms with E-state index in [4.69, 9.17) is 4.74 Å². The van der Waals surface area contributed by atoms with Crippen molar-refractivity contribution in [3.63, 3.8) is 0 Å². The number of carbonyl (C=O) groups is 1. The Kier molecular flexibility index (Phi) is 6.79. The Morgan fingerprint density at radius 2 is 2.00 bits per heavy atom. The first-order valence-corrected chi connectivity index (χ1v) is 10.8. The van der Waals surface area contributed by atoms with Crippen molar-refractivity contribution in [2.24, 2.45) is 5.92 Å². The molecule has 6 nitrogen and oxygen atoms in total. The second-order valence-corrected chi connectivity index (χ2v) is 8.43. The number of ether oxygens (including phenoxy) is 1. The highest BCUT2D eigenvalue weighted by molar-refractivity contribution is 7.99. The van der Waals surface area contributed by atoms with Crippen molar-refractivity contribution in [2.45, 2.75) is 45.8 Å². The number of rotatable bonds is 9. The molecule has 2 aromatic heterocycles. The Morgan fingerprint density at radius 1 is 1.24 bits per heavy atom. The van der Waals surface area contributed by atoms with Crippen molar-refractivity contribution >= 4 is 17.5 Å². The molecule has 0 N–H and O–H groups in total. The predicted octanol–water partition coefficient (Wildman–Crippen LogP) is 4.72. The summed E-state index contributed by atoms with van der Waals surface area (Å²) >= 11 is 1.39. The van der Waals surface area contributed by atoms with Gasteiger partial charge >= 0.3 is 0 Å². The van der Waals surface area contributed by atoms with Crippen molar-refractivity contribution in [2.75, 3.05) is 12.9 Å². The first-order chi connectivity index (χ1) is 13.9. The van der Waals surface area contributed by atoms with Crippen LogP contribution in [0.2, 0.25) is 0 Å². The fourth-order valence-corrected chi connectivity index (χ4v) is 4.14. The molecule has 0 bridgehead atoms. The third-order valence-corrected chi connectivity index (χ3v) is 5.94. The first kappa shape index (κ1) is 21.2. The molecule has 0 unspecified atom stereocenters. The van der Waals surface area contributed by atoms with Crippen molar-refractivity contribution in [3.05, 3.63) is 53.6 Å². The van der Waals surface area contributed by atoms with Gasteiger partial charge in [-0.15, -0.1) is 10.2 Å². The van der Waals surface area contributed by atoms with E-state index in [1.165, 1.54) is 11.8 Å². The second-order valence-electron chi connectivity index (χ2n) is 7.49. The van der Waals surface area contributed by atoms with Gasteiger partial charge in [0.1, 0.15) is 12.1 Å². The van der Waals surface area contributed by atoms with E-state index < -0.39 is 0 Å². The fraction of sp³-hybridized carbons (Fsp3) is 0.409. The van der Waals surface area contributed by atoms with E-state index in [1.807, 2.05) is 41.8 Å². The largest absolute Gasteiger partial charge is 0.495 e. The third-order valence-electron chi connectivity index (χ3n) is 5.00. The molecule has 3 aromatic rings. The Labute approximate surface area is 176 Å². The van der Waals surface area contributed by atoms with Gasteiger partial charge < -0.3 is 9.30 Å². The SMILES string of the molecule is COc1ccccc1-n1cnnc1SCC(=O)c1cc(C)n(CCC(C)C)c1C. The van der Waals surface area contributed by atoms with E-state index >= 15 is 0 Å². The average molecular weight is 413 g/mol. The highest BCUT2D eigenvalue weighted by Gasteiger charge is 2.18. The number of methoxy groups -OCH3 is 1. The lowest BCUT2D eigenvalue weighted by Gasteiger charge is -2.11. The number of hydrogen-bond acceptors (Lipinski definition) is 5. The molecule has 0 saturated carbocycles. The summed E-state index contributed by atoms with van der Waals surface area (Å²) in [6.45, 7) is 9.47. The van der Waals surface area contributed by atoms with Crippen LogP contribution in [0.5, 0.6) is 5.75 Å². The molecular weight excluding hydrogens is 384 g/mol. The number of Topliss-reactive ketones (excluding diaryl/α,β-unsaturated/α-hetero) is 1. The zero-order valence-electron chi connectivity index (χ0n) is 17.7. The first-order valence-electron chi connectivity index (χ1n) is 9.78. The highest BCUT2D eigenvalue weighted by Crippen LogP contribution is 2.27. The van der Waals surface area contributed by atoms with Crippen LogP contribution in [-0.4, -0.2) is 38.0 Å². The molecule has 0 aliphatic rings. The van der Waals surface area contributed by atoms with Crippen LogP contribution < -0.4 is 4.74 Å². The molecule has 0 spiro atoms. The Morgan fingerprint density at radius 3 is 2.72 bits per heavy atom. The van der Waals surface area contributed by atoms with Gasteiger partial charge in [0.25, 0.3) is 0 Å². The van der Waals surface area contributed by atoms with Crippen LogP contribution in [-0.2, 0) is 6.54 Å². The maximum absolute atomic E-state index is 12.9. The molecule has 0 amide bonds. The van der Waals surface area contributed by atoms with E-state index in [2.05, 4.69) is 35.5 Å². The summed E-state index contributed by atoms with van der Waals surface area (Å²) in [6, 6.07) is 9.68. The standard InChI is InChI=1S/C22H28N4O2S/c1-15(2)10-11-25-16(3)12-18(17(25)4)20(27)13-29-22-24-23-14-26(22)19-8-6-7-9-21(19)28-5/h6-9,12,14-15H,10-11,13H2,1-5H3. The van der Waals surface area contributed by atoms with Crippen molar-refractivity contribution < 1.29 is 9.53 Å². The van der Waals surface area contributed by atoms with Crippen LogP contribution in [0, 0.1) is 19.8 Å².